The van der Waals surface area contributed by atoms with Crippen LogP contribution in [0, 0.1) is 0 Å². The molecule has 0 bridgehead atoms. The number of rotatable bonds is 1. The Bertz CT molecular complexity index is 132. The number of hydrogen-bond donors (Lipinski definition) is 2. The first-order valence-electron chi connectivity index (χ1n) is 2.81. The highest BCUT2D eigenvalue weighted by atomic mass is 35.5. The summed E-state index contributed by atoms with van der Waals surface area (Å²) in [5, 5.41) is 0. The van der Waals surface area contributed by atoms with Gasteiger partial charge in [-0.15, -0.1) is 12.4 Å². The molecule has 0 rings (SSSR count). The third-order valence-electron chi connectivity index (χ3n) is 0.573. The molecule has 76 valence electrons. The van der Waals surface area contributed by atoms with Crippen LogP contribution in [0.1, 0.15) is 20.8 Å². The molecule has 0 amide bonds. The molecule has 0 saturated heterocycles. The van der Waals surface area contributed by atoms with Gasteiger partial charge in [0.25, 0.3) is 0 Å². The summed E-state index contributed by atoms with van der Waals surface area (Å²) in [7, 11) is 0. The summed E-state index contributed by atoms with van der Waals surface area (Å²) in [6.07, 6.45) is 1.16. The van der Waals surface area contributed by atoms with Crippen molar-refractivity contribution in [1.82, 2.24) is 12.3 Å². The van der Waals surface area contributed by atoms with Crippen LogP contribution in [-0.4, -0.2) is 11.6 Å². The molecule has 0 aliphatic heterocycles. The standard InChI is InChI=1S/C7H12O2.ClH.2H3N/c1-5-6(8)9-7(2,3)4;;;/h5H,1H2,2-4H3;1H;2*1H3. The van der Waals surface area contributed by atoms with Gasteiger partial charge in [0.15, 0.2) is 0 Å². The maximum Gasteiger partial charge on any atom is 0.330 e. The molecule has 0 aromatic carbocycles. The van der Waals surface area contributed by atoms with Crippen LogP contribution in [0.3, 0.4) is 0 Å². The topological polar surface area (TPSA) is 96.3 Å². The number of ether oxygens (including phenoxy) is 1. The monoisotopic (exact) mass is 198 g/mol. The normalized spacial score (nSPS) is 7.92. The van der Waals surface area contributed by atoms with E-state index in [4.69, 9.17) is 4.74 Å². The second kappa shape index (κ2) is 8.52. The minimum absolute atomic E-state index is 0. The predicted molar refractivity (Wildman–Crippen MR) is 53.3 cm³/mol. The van der Waals surface area contributed by atoms with Crippen molar-refractivity contribution in [3.63, 3.8) is 0 Å². The van der Waals surface area contributed by atoms with E-state index in [1.807, 2.05) is 20.8 Å². The number of carbonyl (C=O) groups excluding carboxylic acids is 1. The molecule has 0 radical (unpaired) electrons. The van der Waals surface area contributed by atoms with Gasteiger partial charge < -0.3 is 17.0 Å². The van der Waals surface area contributed by atoms with E-state index in [2.05, 4.69) is 6.58 Å². The van der Waals surface area contributed by atoms with Gasteiger partial charge in [0, 0.05) is 6.08 Å². The van der Waals surface area contributed by atoms with Crippen molar-refractivity contribution in [2.45, 2.75) is 26.4 Å². The molecule has 4 nitrogen and oxygen atoms in total. The highest BCUT2D eigenvalue weighted by Gasteiger charge is 2.12. The lowest BCUT2D eigenvalue weighted by atomic mass is 10.2. The highest BCUT2D eigenvalue weighted by Crippen LogP contribution is 2.06. The van der Waals surface area contributed by atoms with Gasteiger partial charge in [-0.2, -0.15) is 0 Å². The molecule has 0 aliphatic carbocycles. The lowest BCUT2D eigenvalue weighted by molar-refractivity contribution is -0.148. The second-order valence-electron chi connectivity index (χ2n) is 2.74. The Morgan fingerprint density at radius 2 is 1.67 bits per heavy atom. The Hall–Kier alpha value is -0.580. The van der Waals surface area contributed by atoms with Crippen molar-refractivity contribution in [3.8, 4) is 0 Å². The molecule has 0 atom stereocenters. The van der Waals surface area contributed by atoms with Crippen LogP contribution in [0.4, 0.5) is 0 Å². The molecule has 6 N–H and O–H groups in total. The highest BCUT2D eigenvalue weighted by molar-refractivity contribution is 5.85. The van der Waals surface area contributed by atoms with Crippen LogP contribution in [-0.2, 0) is 9.53 Å². The zero-order valence-electron chi connectivity index (χ0n) is 7.92. The summed E-state index contributed by atoms with van der Waals surface area (Å²) < 4.78 is 4.83. The van der Waals surface area contributed by atoms with E-state index >= 15 is 0 Å². The van der Waals surface area contributed by atoms with E-state index < -0.39 is 5.60 Å². The second-order valence-corrected chi connectivity index (χ2v) is 2.74. The fourth-order valence-electron chi connectivity index (χ4n) is 0.343. The number of esters is 1. The van der Waals surface area contributed by atoms with E-state index in [0.29, 0.717) is 0 Å². The van der Waals surface area contributed by atoms with E-state index in [9.17, 15) is 4.79 Å². The van der Waals surface area contributed by atoms with Gasteiger partial charge in [-0.25, -0.2) is 4.79 Å². The van der Waals surface area contributed by atoms with Gasteiger partial charge >= 0.3 is 5.97 Å². The van der Waals surface area contributed by atoms with Crippen molar-refractivity contribution in [1.29, 1.82) is 0 Å². The Labute approximate surface area is 79.9 Å². The molecular formula is C7H19ClN2O2. The molecule has 0 fully saturated rings. The molecule has 0 aromatic heterocycles. The molecule has 12 heavy (non-hydrogen) atoms. The molecule has 5 heteroatoms. The van der Waals surface area contributed by atoms with E-state index in [0.717, 1.165) is 6.08 Å². The average Bonchev–Trinajstić information content (AvgIpc) is 1.62. The lowest BCUT2D eigenvalue weighted by Gasteiger charge is -2.17. The van der Waals surface area contributed by atoms with E-state index in [-0.39, 0.29) is 30.7 Å². The summed E-state index contributed by atoms with van der Waals surface area (Å²) in [5.74, 6) is -0.373. The predicted octanol–water partition coefficient (Wildman–Crippen LogP) is 2.26. The van der Waals surface area contributed by atoms with Crippen LogP contribution >= 0.6 is 12.4 Å². The SMILES string of the molecule is C=CC(=O)OC(C)(C)C.Cl.N.N. The van der Waals surface area contributed by atoms with Crippen molar-refractivity contribution >= 4 is 18.4 Å². The van der Waals surface area contributed by atoms with E-state index in [1.165, 1.54) is 0 Å². The Morgan fingerprint density at radius 1 is 1.33 bits per heavy atom. The largest absolute Gasteiger partial charge is 0.457 e. The summed E-state index contributed by atoms with van der Waals surface area (Å²) in [6, 6.07) is 0. The smallest absolute Gasteiger partial charge is 0.330 e. The third kappa shape index (κ3) is 16.2. The van der Waals surface area contributed by atoms with Crippen molar-refractivity contribution in [2.24, 2.45) is 0 Å². The van der Waals surface area contributed by atoms with Gasteiger partial charge in [0.1, 0.15) is 5.60 Å². The van der Waals surface area contributed by atoms with Gasteiger partial charge in [-0.3, -0.25) is 0 Å². The van der Waals surface area contributed by atoms with Crippen LogP contribution in [0.15, 0.2) is 12.7 Å². The van der Waals surface area contributed by atoms with Crippen LogP contribution < -0.4 is 12.3 Å². The summed E-state index contributed by atoms with van der Waals surface area (Å²) in [4.78, 5) is 10.5. The lowest BCUT2D eigenvalue weighted by Crippen LogP contribution is -2.22. The molecule has 0 saturated carbocycles. The minimum atomic E-state index is -0.398. The first-order chi connectivity index (χ1) is 3.95. The molecule has 0 unspecified atom stereocenters. The first kappa shape index (κ1) is 22.5. The van der Waals surface area contributed by atoms with Crippen molar-refractivity contribution in [3.05, 3.63) is 12.7 Å². The zero-order chi connectivity index (χ0) is 7.49. The van der Waals surface area contributed by atoms with E-state index in [1.54, 1.807) is 0 Å². The van der Waals surface area contributed by atoms with Crippen molar-refractivity contribution < 1.29 is 9.53 Å². The molecule has 0 spiro atoms. The van der Waals surface area contributed by atoms with Gasteiger partial charge in [-0.05, 0) is 20.8 Å². The minimum Gasteiger partial charge on any atom is -0.457 e. The van der Waals surface area contributed by atoms with Crippen molar-refractivity contribution in [2.75, 3.05) is 0 Å². The number of carbonyl (C=O) groups is 1. The summed E-state index contributed by atoms with van der Waals surface area (Å²) >= 11 is 0. The Kier molecular flexibility index (Phi) is 16.0. The molecular weight excluding hydrogens is 180 g/mol. The molecule has 0 heterocycles. The maximum absolute atomic E-state index is 10.5. The molecule has 0 aliphatic rings. The maximum atomic E-state index is 10.5. The average molecular weight is 199 g/mol. The third-order valence-corrected chi connectivity index (χ3v) is 0.573. The molecule has 0 aromatic rings. The van der Waals surface area contributed by atoms with Gasteiger partial charge in [0.05, 0.1) is 0 Å². The van der Waals surface area contributed by atoms with Gasteiger partial charge in [-0.1, -0.05) is 6.58 Å². The van der Waals surface area contributed by atoms with Crippen LogP contribution in [0.5, 0.6) is 0 Å². The van der Waals surface area contributed by atoms with Gasteiger partial charge in [0.2, 0.25) is 0 Å². The first-order valence-corrected chi connectivity index (χ1v) is 2.81. The summed E-state index contributed by atoms with van der Waals surface area (Å²) in [5.41, 5.74) is -0.398. The van der Waals surface area contributed by atoms with Crippen LogP contribution in [0.2, 0.25) is 0 Å². The van der Waals surface area contributed by atoms with Crippen LogP contribution in [0.25, 0.3) is 0 Å². The zero-order valence-corrected chi connectivity index (χ0v) is 8.74. The quantitative estimate of drug-likeness (QED) is 0.499. The fourth-order valence-corrected chi connectivity index (χ4v) is 0.343. The fraction of sp³-hybridized carbons (Fsp3) is 0.571. The Morgan fingerprint density at radius 3 is 1.75 bits per heavy atom. The Balaban J connectivity index is -0.000000107. The number of halogens is 1. The number of hydrogen-bond acceptors (Lipinski definition) is 4. The summed E-state index contributed by atoms with van der Waals surface area (Å²) in [6.45, 7) is 8.71.